The highest BCUT2D eigenvalue weighted by Crippen LogP contribution is 2.29. The van der Waals surface area contributed by atoms with Crippen LogP contribution >= 0.6 is 11.8 Å². The van der Waals surface area contributed by atoms with Crippen molar-refractivity contribution in [3.63, 3.8) is 0 Å². The molecule has 0 aliphatic heterocycles. The van der Waals surface area contributed by atoms with Crippen molar-refractivity contribution in [2.75, 3.05) is 20.4 Å². The summed E-state index contributed by atoms with van der Waals surface area (Å²) in [5.74, 6) is 0.969. The van der Waals surface area contributed by atoms with Crippen LogP contribution in [0.1, 0.15) is 21.7 Å². The summed E-state index contributed by atoms with van der Waals surface area (Å²) in [6.07, 6.45) is 2.04. The van der Waals surface area contributed by atoms with Gasteiger partial charge >= 0.3 is 0 Å². The molecule has 0 N–H and O–H groups in total. The minimum atomic E-state index is -0.123. The van der Waals surface area contributed by atoms with Crippen LogP contribution in [0.4, 0.5) is 0 Å². The fourth-order valence-electron chi connectivity index (χ4n) is 2.83. The molecule has 0 aliphatic carbocycles. The zero-order valence-electron chi connectivity index (χ0n) is 14.8. The summed E-state index contributed by atoms with van der Waals surface area (Å²) < 4.78 is 11.1. The van der Waals surface area contributed by atoms with Crippen LogP contribution in [0.5, 0.6) is 5.75 Å². The second-order valence-electron chi connectivity index (χ2n) is 5.93. The molecule has 0 bridgehead atoms. The van der Waals surface area contributed by atoms with Gasteiger partial charge in [-0.15, -0.1) is 11.8 Å². The van der Waals surface area contributed by atoms with Gasteiger partial charge < -0.3 is 14.1 Å². The summed E-state index contributed by atoms with van der Waals surface area (Å²) in [7, 11) is 3.40. The van der Waals surface area contributed by atoms with Crippen LogP contribution in [-0.2, 0) is 6.54 Å². The van der Waals surface area contributed by atoms with Gasteiger partial charge in [-0.3, -0.25) is 4.79 Å². The lowest BCUT2D eigenvalue weighted by atomic mass is 10.1. The van der Waals surface area contributed by atoms with Crippen molar-refractivity contribution >= 4 is 28.6 Å². The van der Waals surface area contributed by atoms with Gasteiger partial charge in [-0.1, -0.05) is 12.1 Å². The predicted molar refractivity (Wildman–Crippen MR) is 102 cm³/mol. The van der Waals surface area contributed by atoms with E-state index < -0.39 is 0 Å². The van der Waals surface area contributed by atoms with E-state index >= 15 is 0 Å². The Kier molecular flexibility index (Phi) is 5.04. The maximum atomic E-state index is 12.8. The van der Waals surface area contributed by atoms with Gasteiger partial charge in [0, 0.05) is 35.5 Å². The van der Waals surface area contributed by atoms with E-state index in [2.05, 4.69) is 12.1 Å². The number of furan rings is 1. The van der Waals surface area contributed by atoms with Crippen molar-refractivity contribution in [3.05, 3.63) is 59.4 Å². The maximum absolute atomic E-state index is 12.8. The lowest BCUT2D eigenvalue weighted by Crippen LogP contribution is -2.26. The zero-order chi connectivity index (χ0) is 18.0. The number of nitrogens with zero attached hydrogens (tertiary/aromatic N) is 1. The highest BCUT2D eigenvalue weighted by Gasteiger charge is 2.21. The Labute approximate surface area is 151 Å². The Morgan fingerprint density at radius 2 is 2.04 bits per heavy atom. The molecule has 3 rings (SSSR count). The number of hydrogen-bond acceptors (Lipinski definition) is 4. The number of amides is 1. The van der Waals surface area contributed by atoms with E-state index in [1.54, 1.807) is 36.9 Å². The van der Waals surface area contributed by atoms with Crippen LogP contribution in [0.15, 0.2) is 51.8 Å². The Balaban J connectivity index is 1.86. The molecule has 0 fully saturated rings. The Morgan fingerprint density at radius 1 is 1.24 bits per heavy atom. The van der Waals surface area contributed by atoms with E-state index in [4.69, 9.17) is 9.15 Å². The first-order valence-electron chi connectivity index (χ1n) is 7.99. The first-order chi connectivity index (χ1) is 12.0. The molecule has 1 amide bonds. The molecular weight excluding hydrogens is 334 g/mol. The van der Waals surface area contributed by atoms with Gasteiger partial charge in [-0.25, -0.2) is 0 Å². The molecule has 0 spiro atoms. The van der Waals surface area contributed by atoms with Gasteiger partial charge in [-0.2, -0.15) is 0 Å². The lowest BCUT2D eigenvalue weighted by Gasteiger charge is -2.16. The zero-order valence-corrected chi connectivity index (χ0v) is 15.6. The van der Waals surface area contributed by atoms with Gasteiger partial charge in [0.05, 0.1) is 7.11 Å². The summed E-state index contributed by atoms with van der Waals surface area (Å²) >= 11 is 1.69. The predicted octanol–water partition coefficient (Wildman–Crippen LogP) is 4.74. The van der Waals surface area contributed by atoms with E-state index in [1.807, 2.05) is 37.4 Å². The van der Waals surface area contributed by atoms with Crippen molar-refractivity contribution < 1.29 is 13.9 Å². The number of carbonyl (C=O) groups excluding carboxylic acids is 1. The second-order valence-corrected chi connectivity index (χ2v) is 6.81. The maximum Gasteiger partial charge on any atom is 0.289 e. The van der Waals surface area contributed by atoms with Gasteiger partial charge in [0.1, 0.15) is 11.3 Å². The third-order valence-corrected chi connectivity index (χ3v) is 4.97. The first-order valence-corrected chi connectivity index (χ1v) is 9.21. The second kappa shape index (κ2) is 7.23. The van der Waals surface area contributed by atoms with Crippen LogP contribution in [-0.4, -0.2) is 31.2 Å². The van der Waals surface area contributed by atoms with Crippen LogP contribution in [0.3, 0.4) is 0 Å². The minimum Gasteiger partial charge on any atom is -0.497 e. The molecule has 0 radical (unpaired) electrons. The van der Waals surface area contributed by atoms with Crippen molar-refractivity contribution in [3.8, 4) is 5.75 Å². The van der Waals surface area contributed by atoms with Crippen molar-refractivity contribution in [1.29, 1.82) is 0 Å². The van der Waals surface area contributed by atoms with Gasteiger partial charge in [0.15, 0.2) is 5.76 Å². The molecule has 5 heteroatoms. The summed E-state index contributed by atoms with van der Waals surface area (Å²) in [6, 6.07) is 13.8. The molecule has 25 heavy (non-hydrogen) atoms. The van der Waals surface area contributed by atoms with Crippen LogP contribution in [0.25, 0.3) is 11.0 Å². The molecule has 0 aliphatic rings. The van der Waals surface area contributed by atoms with E-state index in [0.29, 0.717) is 23.6 Å². The average Bonchev–Trinajstić information content (AvgIpc) is 2.97. The SMILES string of the molecule is COc1ccc2c(C)c(C(=O)N(C)Cc3cccc(SC)c3)oc2c1. The fourth-order valence-corrected chi connectivity index (χ4v) is 3.31. The van der Waals surface area contributed by atoms with E-state index in [9.17, 15) is 4.79 Å². The lowest BCUT2D eigenvalue weighted by molar-refractivity contribution is 0.0754. The average molecular weight is 355 g/mol. The molecule has 130 valence electrons. The molecule has 3 aromatic rings. The van der Waals surface area contributed by atoms with Crippen molar-refractivity contribution in [2.45, 2.75) is 18.4 Å². The van der Waals surface area contributed by atoms with Crippen LogP contribution in [0, 0.1) is 6.92 Å². The van der Waals surface area contributed by atoms with Gasteiger partial charge in [0.25, 0.3) is 5.91 Å². The number of fused-ring (bicyclic) bond motifs is 1. The number of aryl methyl sites for hydroxylation is 1. The number of ether oxygens (including phenoxy) is 1. The highest BCUT2D eigenvalue weighted by atomic mass is 32.2. The number of hydrogen-bond donors (Lipinski definition) is 0. The summed E-state index contributed by atoms with van der Waals surface area (Å²) in [6.45, 7) is 2.45. The standard InChI is InChI=1S/C20H21NO3S/c1-13-17-9-8-15(23-3)11-18(17)24-19(13)20(22)21(2)12-14-6-5-7-16(10-14)25-4/h5-11H,12H2,1-4H3. The topological polar surface area (TPSA) is 42.7 Å². The Bertz CT molecular complexity index is 916. The molecule has 1 heterocycles. The largest absolute Gasteiger partial charge is 0.497 e. The summed E-state index contributed by atoms with van der Waals surface area (Å²) in [4.78, 5) is 15.7. The fraction of sp³-hybridized carbons (Fsp3) is 0.250. The number of carbonyl (C=O) groups is 1. The number of benzene rings is 2. The minimum absolute atomic E-state index is 0.123. The normalized spacial score (nSPS) is 10.9. The Morgan fingerprint density at radius 3 is 2.76 bits per heavy atom. The number of rotatable bonds is 5. The molecule has 2 aromatic carbocycles. The first kappa shape index (κ1) is 17.4. The molecule has 0 atom stereocenters. The number of methoxy groups -OCH3 is 1. The molecule has 4 nitrogen and oxygen atoms in total. The summed E-state index contributed by atoms with van der Waals surface area (Å²) in [5.41, 5.74) is 2.61. The van der Waals surface area contributed by atoms with Gasteiger partial charge in [0.2, 0.25) is 0 Å². The third-order valence-electron chi connectivity index (χ3n) is 4.24. The van der Waals surface area contributed by atoms with Crippen LogP contribution < -0.4 is 4.74 Å². The molecule has 0 unspecified atom stereocenters. The van der Waals surface area contributed by atoms with E-state index in [-0.39, 0.29) is 5.91 Å². The van der Waals surface area contributed by atoms with Crippen LogP contribution in [0.2, 0.25) is 0 Å². The monoisotopic (exact) mass is 355 g/mol. The highest BCUT2D eigenvalue weighted by molar-refractivity contribution is 7.98. The van der Waals surface area contributed by atoms with Gasteiger partial charge in [-0.05, 0) is 43.0 Å². The molecular formula is C20H21NO3S. The Hall–Kier alpha value is -2.40. The smallest absolute Gasteiger partial charge is 0.289 e. The van der Waals surface area contributed by atoms with E-state index in [1.165, 1.54) is 4.90 Å². The number of thioether (sulfide) groups is 1. The summed E-state index contributed by atoms with van der Waals surface area (Å²) in [5, 5.41) is 0.932. The third kappa shape index (κ3) is 3.51. The molecule has 1 aromatic heterocycles. The van der Waals surface area contributed by atoms with Crippen molar-refractivity contribution in [2.24, 2.45) is 0 Å². The molecule has 0 saturated heterocycles. The molecule has 0 saturated carbocycles. The quantitative estimate of drug-likeness (QED) is 0.620. The van der Waals surface area contributed by atoms with E-state index in [0.717, 1.165) is 16.5 Å². The van der Waals surface area contributed by atoms with Crippen molar-refractivity contribution in [1.82, 2.24) is 4.90 Å².